The minimum absolute atomic E-state index is 0.0384. The summed E-state index contributed by atoms with van der Waals surface area (Å²) < 4.78 is 14.7. The Kier molecular flexibility index (Phi) is 6.55. The molecule has 0 aliphatic heterocycles. The van der Waals surface area contributed by atoms with Gasteiger partial charge in [0.2, 0.25) is 0 Å². The molecule has 0 bridgehead atoms. The van der Waals surface area contributed by atoms with Crippen molar-refractivity contribution in [1.82, 2.24) is 0 Å². The normalized spacial score (nSPS) is 13.3. The predicted octanol–water partition coefficient (Wildman–Crippen LogP) is 5.59. The van der Waals surface area contributed by atoms with E-state index in [0.29, 0.717) is 12.0 Å². The molecule has 1 unspecified atom stereocenters. The quantitative estimate of drug-likeness (QED) is 0.548. The van der Waals surface area contributed by atoms with Crippen molar-refractivity contribution in [3.8, 4) is 11.1 Å². The van der Waals surface area contributed by atoms with E-state index in [2.05, 4.69) is 19.1 Å². The van der Waals surface area contributed by atoms with Gasteiger partial charge in [-0.15, -0.1) is 0 Å². The minimum Gasteiger partial charge on any atom is -0.394 e. The lowest BCUT2D eigenvalue weighted by Gasteiger charge is -2.21. The molecule has 0 amide bonds. The second-order valence-corrected chi connectivity index (χ2v) is 8.71. The summed E-state index contributed by atoms with van der Waals surface area (Å²) in [7, 11) is 0. The summed E-state index contributed by atoms with van der Waals surface area (Å²) in [6.45, 7) is 3.85. The highest BCUT2D eigenvalue weighted by molar-refractivity contribution is 7.99. The molecule has 0 aliphatic rings. The Hall–Kier alpha value is -2.14. The van der Waals surface area contributed by atoms with Gasteiger partial charge in [0.25, 0.3) is 0 Å². The number of aryl methyl sites for hydroxylation is 2. The summed E-state index contributed by atoms with van der Waals surface area (Å²) in [6.07, 6.45) is 1.48. The van der Waals surface area contributed by atoms with Crippen LogP contribution in [0.25, 0.3) is 11.1 Å². The van der Waals surface area contributed by atoms with Gasteiger partial charge in [-0.05, 0) is 62.1 Å². The third-order valence-corrected chi connectivity index (χ3v) is 5.81. The molecule has 4 heteroatoms. The van der Waals surface area contributed by atoms with Crippen LogP contribution in [0.15, 0.2) is 76.5 Å². The molecule has 0 fully saturated rings. The molecule has 0 radical (unpaired) electrons. The second kappa shape index (κ2) is 8.91. The zero-order valence-corrected chi connectivity index (χ0v) is 17.1. The number of benzene rings is 3. The van der Waals surface area contributed by atoms with Crippen LogP contribution in [0, 0.1) is 12.7 Å². The van der Waals surface area contributed by atoms with Crippen molar-refractivity contribution in [1.29, 1.82) is 0 Å². The summed E-state index contributed by atoms with van der Waals surface area (Å²) in [6, 6.07) is 21.5. The molecular formula is C24H26FNOS. The minimum atomic E-state index is -0.574. The number of aliphatic hydroxyl groups excluding tert-OH is 1. The largest absolute Gasteiger partial charge is 0.394 e. The first-order chi connectivity index (χ1) is 13.4. The van der Waals surface area contributed by atoms with Crippen molar-refractivity contribution in [2.24, 2.45) is 5.73 Å². The van der Waals surface area contributed by atoms with E-state index in [9.17, 15) is 9.50 Å². The van der Waals surface area contributed by atoms with Crippen molar-refractivity contribution < 1.29 is 9.50 Å². The van der Waals surface area contributed by atoms with E-state index in [1.54, 1.807) is 17.8 Å². The fraction of sp³-hybridized carbons (Fsp3) is 0.250. The molecule has 0 saturated carbocycles. The van der Waals surface area contributed by atoms with Crippen LogP contribution in [0.3, 0.4) is 0 Å². The molecule has 3 N–H and O–H groups in total. The molecule has 2 nitrogen and oxygen atoms in total. The van der Waals surface area contributed by atoms with Crippen LogP contribution in [0.4, 0.5) is 4.39 Å². The monoisotopic (exact) mass is 395 g/mol. The highest BCUT2D eigenvalue weighted by atomic mass is 32.2. The highest BCUT2D eigenvalue weighted by Crippen LogP contribution is 2.32. The van der Waals surface area contributed by atoms with E-state index in [1.807, 2.05) is 55.5 Å². The van der Waals surface area contributed by atoms with E-state index in [-0.39, 0.29) is 12.4 Å². The van der Waals surface area contributed by atoms with E-state index >= 15 is 0 Å². The molecule has 3 aromatic rings. The van der Waals surface area contributed by atoms with Gasteiger partial charge in [-0.3, -0.25) is 0 Å². The molecule has 3 rings (SSSR count). The number of rotatable bonds is 7. The van der Waals surface area contributed by atoms with E-state index in [1.165, 1.54) is 5.56 Å². The molecule has 0 aromatic heterocycles. The first kappa shape index (κ1) is 20.6. The molecule has 28 heavy (non-hydrogen) atoms. The lowest BCUT2D eigenvalue weighted by atomic mass is 9.94. The number of hydrogen-bond acceptors (Lipinski definition) is 3. The lowest BCUT2D eigenvalue weighted by molar-refractivity contribution is 0.200. The third-order valence-electron chi connectivity index (χ3n) is 4.81. The topological polar surface area (TPSA) is 46.2 Å². The van der Waals surface area contributed by atoms with E-state index in [4.69, 9.17) is 5.73 Å². The van der Waals surface area contributed by atoms with Gasteiger partial charge in [0, 0.05) is 20.9 Å². The first-order valence-electron chi connectivity index (χ1n) is 9.39. The second-order valence-electron chi connectivity index (χ2n) is 7.57. The maximum atomic E-state index is 14.7. The molecular weight excluding hydrogens is 369 g/mol. The van der Waals surface area contributed by atoms with Gasteiger partial charge < -0.3 is 10.8 Å². The van der Waals surface area contributed by atoms with E-state index < -0.39 is 5.54 Å². The van der Waals surface area contributed by atoms with Crippen LogP contribution >= 0.6 is 11.8 Å². The number of nitrogens with two attached hydrogens (primary N) is 1. The fourth-order valence-corrected chi connectivity index (χ4v) is 3.74. The smallest absolute Gasteiger partial charge is 0.132 e. The molecule has 0 aliphatic carbocycles. The van der Waals surface area contributed by atoms with Crippen LogP contribution in [0.1, 0.15) is 24.5 Å². The predicted molar refractivity (Wildman–Crippen MR) is 115 cm³/mol. The average molecular weight is 396 g/mol. The van der Waals surface area contributed by atoms with Gasteiger partial charge in [0.15, 0.2) is 0 Å². The zero-order chi connectivity index (χ0) is 20.1. The summed E-state index contributed by atoms with van der Waals surface area (Å²) in [5.74, 6) is -0.223. The lowest BCUT2D eigenvalue weighted by Crippen LogP contribution is -2.40. The maximum Gasteiger partial charge on any atom is 0.132 e. The fourth-order valence-electron chi connectivity index (χ4n) is 2.90. The van der Waals surface area contributed by atoms with Gasteiger partial charge >= 0.3 is 0 Å². The average Bonchev–Trinajstić information content (AvgIpc) is 2.69. The maximum absolute atomic E-state index is 14.7. The van der Waals surface area contributed by atoms with Crippen LogP contribution in [0.2, 0.25) is 0 Å². The molecule has 3 aromatic carbocycles. The Labute approximate surface area is 170 Å². The molecule has 1 atom stereocenters. The number of halogens is 1. The number of aliphatic hydroxyl groups is 1. The third kappa shape index (κ3) is 5.44. The Morgan fingerprint density at radius 3 is 2.21 bits per heavy atom. The summed E-state index contributed by atoms with van der Waals surface area (Å²) in [5.41, 5.74) is 9.19. The molecule has 146 valence electrons. The van der Waals surface area contributed by atoms with Crippen LogP contribution in [-0.2, 0) is 6.42 Å². The zero-order valence-electron chi connectivity index (χ0n) is 16.3. The molecule has 0 spiro atoms. The van der Waals surface area contributed by atoms with Crippen molar-refractivity contribution in [2.45, 2.75) is 42.0 Å². The van der Waals surface area contributed by atoms with Crippen LogP contribution < -0.4 is 5.73 Å². The van der Waals surface area contributed by atoms with Crippen molar-refractivity contribution >= 4 is 11.8 Å². The van der Waals surface area contributed by atoms with Crippen LogP contribution in [-0.4, -0.2) is 17.3 Å². The van der Waals surface area contributed by atoms with Crippen molar-refractivity contribution in [2.75, 3.05) is 6.61 Å². The van der Waals surface area contributed by atoms with Gasteiger partial charge in [0.05, 0.1) is 6.61 Å². The Bertz CT molecular complexity index is 920. The van der Waals surface area contributed by atoms with Gasteiger partial charge in [0.1, 0.15) is 5.82 Å². The van der Waals surface area contributed by atoms with Gasteiger partial charge in [-0.1, -0.05) is 59.8 Å². The summed E-state index contributed by atoms with van der Waals surface area (Å²) in [5, 5.41) is 9.25. The first-order valence-corrected chi connectivity index (χ1v) is 10.2. The van der Waals surface area contributed by atoms with Crippen LogP contribution in [0.5, 0.6) is 0 Å². The molecule has 0 heterocycles. The van der Waals surface area contributed by atoms with Gasteiger partial charge in [-0.25, -0.2) is 4.39 Å². The summed E-state index contributed by atoms with van der Waals surface area (Å²) in [4.78, 5) is 1.98. The van der Waals surface area contributed by atoms with Gasteiger partial charge in [-0.2, -0.15) is 0 Å². The highest BCUT2D eigenvalue weighted by Gasteiger charge is 2.16. The SMILES string of the molecule is Cc1ccc(Sc2ccc(-c3ccc(CCC(C)(N)CO)cc3)c(F)c2)cc1. The Morgan fingerprint density at radius 2 is 1.61 bits per heavy atom. The Balaban J connectivity index is 1.70. The number of hydrogen-bond donors (Lipinski definition) is 2. The van der Waals surface area contributed by atoms with Crippen molar-refractivity contribution in [3.63, 3.8) is 0 Å². The van der Waals surface area contributed by atoms with E-state index in [0.717, 1.165) is 27.3 Å². The summed E-state index contributed by atoms with van der Waals surface area (Å²) >= 11 is 1.56. The Morgan fingerprint density at radius 1 is 0.964 bits per heavy atom. The van der Waals surface area contributed by atoms with Crippen molar-refractivity contribution in [3.05, 3.63) is 83.7 Å². The standard InChI is InChI=1S/C24H26FNOS/c1-17-3-9-20(10-4-17)28-21-11-12-22(23(25)15-21)19-7-5-18(6-8-19)13-14-24(2,26)16-27/h3-12,15,27H,13-14,16,26H2,1-2H3. The molecule has 0 saturated heterocycles.